The number of hydrogen-bond donors (Lipinski definition) is 3. The number of nitrogens with one attached hydrogen (secondary N) is 3. The molecule has 0 saturated carbocycles. The predicted molar refractivity (Wildman–Crippen MR) is 259 cm³/mol. The third kappa shape index (κ3) is 10.6. The van der Waals surface area contributed by atoms with E-state index in [1.807, 2.05) is 49.9 Å². The third-order valence-electron chi connectivity index (χ3n) is 13.1. The molecule has 2 fully saturated rings. The average Bonchev–Trinajstić information content (AvgIpc) is 4.16. The second-order valence-corrected chi connectivity index (χ2v) is 19.3. The lowest BCUT2D eigenvalue weighted by Crippen LogP contribution is -2.53. The van der Waals surface area contributed by atoms with Gasteiger partial charge in [0, 0.05) is 31.4 Å². The van der Waals surface area contributed by atoms with Crippen LogP contribution in [0.1, 0.15) is 120 Å². The number of hydrogen-bond acceptors (Lipinski definition) is 8. The normalized spacial score (nSPS) is 18.6. The number of methoxy groups -OCH3 is 2. The lowest BCUT2D eigenvalue weighted by molar-refractivity contribution is -0.135. The topological polar surface area (TPSA) is 158 Å². The summed E-state index contributed by atoms with van der Waals surface area (Å²) in [4.78, 5) is 68.4. The van der Waals surface area contributed by atoms with Crippen LogP contribution in [0.4, 0.5) is 9.59 Å². The zero-order valence-electron chi connectivity index (χ0n) is 39.8. The van der Waals surface area contributed by atoms with Crippen LogP contribution in [-0.4, -0.2) is 94.9 Å². The van der Waals surface area contributed by atoms with E-state index in [4.69, 9.17) is 19.5 Å². The quantitative estimate of drug-likeness (QED) is 0.113. The number of carbonyl (C=O) groups is 4. The van der Waals surface area contributed by atoms with Gasteiger partial charge in [-0.05, 0) is 93.5 Å². The molecule has 348 valence electrons. The van der Waals surface area contributed by atoms with Crippen molar-refractivity contribution in [3.63, 3.8) is 0 Å². The highest BCUT2D eigenvalue weighted by Crippen LogP contribution is 2.36. The van der Waals surface area contributed by atoms with Crippen LogP contribution in [0.5, 0.6) is 0 Å². The van der Waals surface area contributed by atoms with Crippen LogP contribution in [0.3, 0.4) is 0 Å². The number of ether oxygens (including phenoxy) is 2. The summed E-state index contributed by atoms with van der Waals surface area (Å²) in [5.41, 5.74) is 10.6. The Kier molecular flexibility index (Phi) is 14.6. The fourth-order valence-corrected chi connectivity index (χ4v) is 9.20. The van der Waals surface area contributed by atoms with Gasteiger partial charge in [0.25, 0.3) is 0 Å². The van der Waals surface area contributed by atoms with Gasteiger partial charge in [-0.3, -0.25) is 14.6 Å². The van der Waals surface area contributed by atoms with Crippen LogP contribution in [0.15, 0.2) is 90.2 Å². The Morgan fingerprint density at radius 2 is 1.24 bits per heavy atom. The second-order valence-electron chi connectivity index (χ2n) is 19.3. The lowest BCUT2D eigenvalue weighted by atomic mass is 9.85. The number of aliphatic imine (C=N–C) groups is 1. The number of nitrogens with zero attached hydrogens (tertiary/aromatic N) is 4. The van der Waals surface area contributed by atoms with Crippen LogP contribution in [-0.2, 0) is 24.5 Å². The molecule has 3 N–H and O–H groups in total. The minimum absolute atomic E-state index is 0.0189. The van der Waals surface area contributed by atoms with Gasteiger partial charge in [0.05, 0.1) is 38.2 Å². The standard InChI is InChI=1S/C53H65N7O6/c1-32(2)46(57-51(63)65-8)49(61)59-26-10-12-44(59)42-29-39(30-54-42)35-18-20-36(21-19-35)41(37-22-24-40(25-23-37)53(5,6)7)28-34-14-16-38(17-15-34)43-31-55-48(56-43)45-13-11-27-60(45)50(62)47(33(3)4)58-52(64)66-9/h14-25,28,30-33,44-47H,10-13,26-27,29H2,1-9H3,(H,55,56)(H,57,63)(H,58,64)/t44-,45-,46-,47-/m0/s1. The summed E-state index contributed by atoms with van der Waals surface area (Å²) in [6.45, 7) is 15.5. The number of rotatable bonds is 13. The van der Waals surface area contributed by atoms with Crippen LogP contribution < -0.4 is 10.6 Å². The molecule has 0 aliphatic carbocycles. The number of allylic oxidation sites excluding steroid dienone is 1. The largest absolute Gasteiger partial charge is 0.453 e. The van der Waals surface area contributed by atoms with E-state index in [1.54, 1.807) is 0 Å². The molecule has 13 nitrogen and oxygen atoms in total. The number of H-pyrrole nitrogens is 1. The summed E-state index contributed by atoms with van der Waals surface area (Å²) < 4.78 is 9.60. The van der Waals surface area contributed by atoms with Gasteiger partial charge in [-0.15, -0.1) is 0 Å². The summed E-state index contributed by atoms with van der Waals surface area (Å²) in [5.74, 6) is 0.267. The molecule has 66 heavy (non-hydrogen) atoms. The number of amides is 4. The fraction of sp³-hybridized carbons (Fsp3) is 0.434. The van der Waals surface area contributed by atoms with Crippen LogP contribution in [0.2, 0.25) is 0 Å². The molecular formula is C53H65N7O6. The molecule has 7 rings (SSSR count). The zero-order chi connectivity index (χ0) is 47.3. The minimum Gasteiger partial charge on any atom is -0.453 e. The number of benzene rings is 3. The van der Waals surface area contributed by atoms with Crippen molar-refractivity contribution in [1.29, 1.82) is 0 Å². The summed E-state index contributed by atoms with van der Waals surface area (Å²) in [7, 11) is 2.60. The monoisotopic (exact) mass is 895 g/mol. The van der Waals surface area contributed by atoms with E-state index in [0.717, 1.165) is 81.9 Å². The highest BCUT2D eigenvalue weighted by molar-refractivity contribution is 6.04. The van der Waals surface area contributed by atoms with Crippen molar-refractivity contribution >= 4 is 46.9 Å². The van der Waals surface area contributed by atoms with Crippen molar-refractivity contribution in [2.75, 3.05) is 27.3 Å². The SMILES string of the molecule is COC(=O)N[C@H](C(=O)N1CCC[C@H]1C1=NC=C(c2ccc(C(=Cc3ccc(-c4cnc([C@@H]5CCCN5C(=O)[C@@H](NC(=O)OC)C(C)C)[nH]4)cc3)c3ccc(C(C)(C)C)cc3)cc2)C1)C(C)C. The van der Waals surface area contributed by atoms with E-state index in [9.17, 15) is 19.2 Å². The smallest absolute Gasteiger partial charge is 0.407 e. The predicted octanol–water partition coefficient (Wildman–Crippen LogP) is 9.56. The van der Waals surface area contributed by atoms with Crippen molar-refractivity contribution < 1.29 is 28.7 Å². The Hall–Kier alpha value is -6.50. The summed E-state index contributed by atoms with van der Waals surface area (Å²) >= 11 is 0. The van der Waals surface area contributed by atoms with E-state index < -0.39 is 24.3 Å². The molecule has 3 aliphatic heterocycles. The van der Waals surface area contributed by atoms with Crippen molar-refractivity contribution in [3.05, 3.63) is 119 Å². The molecule has 0 unspecified atom stereocenters. The molecule has 2 saturated heterocycles. The Morgan fingerprint density at radius 3 is 1.77 bits per heavy atom. The van der Waals surface area contributed by atoms with Crippen molar-refractivity contribution in [2.45, 2.75) is 110 Å². The molecule has 13 heteroatoms. The van der Waals surface area contributed by atoms with E-state index in [-0.39, 0.29) is 41.1 Å². The molecule has 3 aliphatic rings. The van der Waals surface area contributed by atoms with Crippen molar-refractivity contribution in [3.8, 4) is 11.3 Å². The van der Waals surface area contributed by atoms with Gasteiger partial charge < -0.3 is 34.9 Å². The van der Waals surface area contributed by atoms with Crippen molar-refractivity contribution in [1.82, 2.24) is 30.4 Å². The van der Waals surface area contributed by atoms with Gasteiger partial charge in [-0.1, -0.05) is 121 Å². The molecule has 4 aromatic rings. The van der Waals surface area contributed by atoms with Gasteiger partial charge in [0.2, 0.25) is 11.8 Å². The maximum Gasteiger partial charge on any atom is 0.407 e. The third-order valence-corrected chi connectivity index (χ3v) is 13.1. The first kappa shape index (κ1) is 47.5. The minimum atomic E-state index is -0.698. The van der Waals surface area contributed by atoms with E-state index in [2.05, 4.69) is 115 Å². The van der Waals surface area contributed by atoms with Crippen LogP contribution in [0.25, 0.3) is 28.5 Å². The molecule has 3 aromatic carbocycles. The first-order valence-electron chi connectivity index (χ1n) is 23.2. The fourth-order valence-electron chi connectivity index (χ4n) is 9.20. The number of aromatic nitrogens is 2. The van der Waals surface area contributed by atoms with E-state index in [0.29, 0.717) is 19.5 Å². The van der Waals surface area contributed by atoms with Crippen LogP contribution >= 0.6 is 0 Å². The number of imidazole rings is 1. The lowest BCUT2D eigenvalue weighted by Gasteiger charge is -2.31. The molecule has 4 atom stereocenters. The highest BCUT2D eigenvalue weighted by Gasteiger charge is 2.39. The summed E-state index contributed by atoms with van der Waals surface area (Å²) in [5, 5.41) is 5.45. The first-order chi connectivity index (χ1) is 31.6. The molecular weight excluding hydrogens is 831 g/mol. The van der Waals surface area contributed by atoms with E-state index >= 15 is 0 Å². The Morgan fingerprint density at radius 1 is 0.727 bits per heavy atom. The Bertz CT molecular complexity index is 2480. The summed E-state index contributed by atoms with van der Waals surface area (Å²) in [6.07, 6.45) is 8.71. The maximum atomic E-state index is 13.7. The van der Waals surface area contributed by atoms with Gasteiger partial charge in [-0.2, -0.15) is 0 Å². The van der Waals surface area contributed by atoms with Gasteiger partial charge >= 0.3 is 12.2 Å². The van der Waals surface area contributed by atoms with Crippen molar-refractivity contribution in [2.24, 2.45) is 16.8 Å². The van der Waals surface area contributed by atoms with E-state index in [1.165, 1.54) is 19.8 Å². The molecule has 4 amide bonds. The van der Waals surface area contributed by atoms with Gasteiger partial charge in [-0.25, -0.2) is 14.6 Å². The number of likely N-dealkylation sites (tertiary alicyclic amines) is 2. The average molecular weight is 896 g/mol. The second kappa shape index (κ2) is 20.3. The van der Waals surface area contributed by atoms with Gasteiger partial charge in [0.15, 0.2) is 0 Å². The molecule has 4 heterocycles. The molecule has 1 aromatic heterocycles. The summed E-state index contributed by atoms with van der Waals surface area (Å²) in [6, 6.07) is 24.1. The highest BCUT2D eigenvalue weighted by atomic mass is 16.5. The Balaban J connectivity index is 1.08. The maximum absolute atomic E-state index is 13.7. The van der Waals surface area contributed by atoms with Gasteiger partial charge in [0.1, 0.15) is 17.9 Å². The number of alkyl carbamates (subject to hydrolysis) is 2. The van der Waals surface area contributed by atoms with Crippen LogP contribution in [0, 0.1) is 11.8 Å². The molecule has 0 spiro atoms. The zero-order valence-corrected chi connectivity index (χ0v) is 39.8. The molecule has 0 radical (unpaired) electrons. The number of aromatic amines is 1. The first-order valence-corrected chi connectivity index (χ1v) is 23.2. The molecule has 0 bridgehead atoms. The number of carbonyl (C=O) groups excluding carboxylic acids is 4. The Labute approximate surface area is 389 Å².